The number of hydrogen-bond donors (Lipinski definition) is 3. The minimum absolute atomic E-state index is 0.195. The monoisotopic (exact) mass is 418 g/mol. The van der Waals surface area contributed by atoms with Gasteiger partial charge in [0, 0.05) is 53.0 Å². The fourth-order valence-electron chi connectivity index (χ4n) is 3.27. The van der Waals surface area contributed by atoms with Crippen molar-refractivity contribution in [2.45, 2.75) is 19.9 Å². The standard InChI is InChI=1S/C23H22N4O4/c1-2-9-31-21-14-25-15(10-20(21)28)12-24-13-19-18-11-16(27-7-3-4-8-27)5-6-17(18)22(29)26-23(19)30/h3-8,10-11,13-14H,2,9,12H2,1H3,(H,25,28)(H2,26,29,30). The van der Waals surface area contributed by atoms with Gasteiger partial charge in [0.2, 0.25) is 11.3 Å². The average Bonchev–Trinajstić information content (AvgIpc) is 3.30. The molecular formula is C23H22N4O4. The Bertz CT molecular complexity index is 1350. The van der Waals surface area contributed by atoms with Crippen molar-refractivity contribution in [2.75, 3.05) is 6.61 Å². The Morgan fingerprint density at radius 3 is 2.71 bits per heavy atom. The van der Waals surface area contributed by atoms with E-state index in [4.69, 9.17) is 4.74 Å². The molecule has 158 valence electrons. The van der Waals surface area contributed by atoms with Crippen LogP contribution in [0.4, 0.5) is 0 Å². The summed E-state index contributed by atoms with van der Waals surface area (Å²) in [6, 6.07) is 10.6. The molecule has 0 radical (unpaired) electrons. The number of aliphatic imine (C=N–C) groups is 1. The van der Waals surface area contributed by atoms with Gasteiger partial charge in [0.1, 0.15) is 0 Å². The second-order valence-corrected chi connectivity index (χ2v) is 7.04. The van der Waals surface area contributed by atoms with Crippen LogP contribution in [0.5, 0.6) is 11.6 Å². The van der Waals surface area contributed by atoms with Crippen molar-refractivity contribution in [3.8, 4) is 17.3 Å². The zero-order valence-corrected chi connectivity index (χ0v) is 17.0. The lowest BCUT2D eigenvalue weighted by Gasteiger charge is -2.08. The van der Waals surface area contributed by atoms with Gasteiger partial charge >= 0.3 is 0 Å². The molecule has 0 amide bonds. The van der Waals surface area contributed by atoms with Crippen LogP contribution in [0, 0.1) is 0 Å². The van der Waals surface area contributed by atoms with E-state index in [1.165, 1.54) is 18.5 Å². The molecular weight excluding hydrogens is 396 g/mol. The summed E-state index contributed by atoms with van der Waals surface area (Å²) in [6.07, 6.45) is 7.62. The summed E-state index contributed by atoms with van der Waals surface area (Å²) in [5, 5.41) is 11.4. The maximum Gasteiger partial charge on any atom is 0.258 e. The predicted octanol–water partition coefficient (Wildman–Crippen LogP) is 3.12. The fourth-order valence-corrected chi connectivity index (χ4v) is 3.27. The van der Waals surface area contributed by atoms with Gasteiger partial charge in [-0.3, -0.25) is 19.6 Å². The van der Waals surface area contributed by atoms with Crippen LogP contribution in [0.25, 0.3) is 16.5 Å². The third-order valence-electron chi connectivity index (χ3n) is 4.81. The van der Waals surface area contributed by atoms with Crippen molar-refractivity contribution >= 4 is 17.0 Å². The highest BCUT2D eigenvalue weighted by atomic mass is 16.5. The molecule has 0 unspecified atom stereocenters. The topological polar surface area (TPSA) is 112 Å². The Balaban J connectivity index is 1.65. The van der Waals surface area contributed by atoms with Crippen molar-refractivity contribution < 1.29 is 9.84 Å². The molecule has 0 saturated heterocycles. The number of nitrogens with one attached hydrogen (secondary N) is 2. The molecule has 0 aliphatic heterocycles. The number of aromatic nitrogens is 3. The maximum absolute atomic E-state index is 12.3. The van der Waals surface area contributed by atoms with Crippen LogP contribution in [0.2, 0.25) is 0 Å². The normalized spacial score (nSPS) is 11.4. The summed E-state index contributed by atoms with van der Waals surface area (Å²) >= 11 is 0. The third kappa shape index (κ3) is 4.28. The van der Waals surface area contributed by atoms with Crippen LogP contribution in [0.3, 0.4) is 0 Å². The first-order valence-corrected chi connectivity index (χ1v) is 9.93. The van der Waals surface area contributed by atoms with Gasteiger partial charge in [-0.1, -0.05) is 6.92 Å². The summed E-state index contributed by atoms with van der Waals surface area (Å²) in [4.78, 5) is 34.2. The van der Waals surface area contributed by atoms with Crippen molar-refractivity contribution in [3.05, 3.63) is 86.8 Å². The van der Waals surface area contributed by atoms with E-state index in [1.807, 2.05) is 48.1 Å². The highest BCUT2D eigenvalue weighted by molar-refractivity contribution is 6.02. The Morgan fingerprint density at radius 2 is 1.97 bits per heavy atom. The van der Waals surface area contributed by atoms with Crippen LogP contribution >= 0.6 is 0 Å². The molecule has 0 atom stereocenters. The Kier molecular flexibility index (Phi) is 5.70. The van der Waals surface area contributed by atoms with Crippen LogP contribution < -0.4 is 15.7 Å². The molecule has 0 saturated carbocycles. The average molecular weight is 418 g/mol. The summed E-state index contributed by atoms with van der Waals surface area (Å²) < 4.78 is 7.29. The largest absolute Gasteiger partial charge is 0.494 e. The molecule has 0 fully saturated rings. The van der Waals surface area contributed by atoms with E-state index in [0.717, 1.165) is 12.1 Å². The van der Waals surface area contributed by atoms with E-state index in [0.29, 0.717) is 28.6 Å². The number of fused-ring (bicyclic) bond motifs is 1. The second kappa shape index (κ2) is 8.74. The number of rotatable bonds is 7. The van der Waals surface area contributed by atoms with Gasteiger partial charge in [0.05, 0.1) is 18.7 Å². The van der Waals surface area contributed by atoms with Gasteiger partial charge in [-0.15, -0.1) is 0 Å². The Hall–Kier alpha value is -4.07. The van der Waals surface area contributed by atoms with Crippen LogP contribution in [-0.4, -0.2) is 32.5 Å². The molecule has 0 spiro atoms. The lowest BCUT2D eigenvalue weighted by atomic mass is 10.1. The fraction of sp³-hybridized carbons (Fsp3) is 0.174. The van der Waals surface area contributed by atoms with Crippen molar-refractivity contribution in [1.29, 1.82) is 0 Å². The van der Waals surface area contributed by atoms with Crippen molar-refractivity contribution in [1.82, 2.24) is 14.5 Å². The molecule has 3 aromatic heterocycles. The first-order chi connectivity index (χ1) is 15.1. The molecule has 3 N–H and O–H groups in total. The van der Waals surface area contributed by atoms with E-state index in [9.17, 15) is 14.7 Å². The maximum atomic E-state index is 12.3. The molecule has 8 nitrogen and oxygen atoms in total. The van der Waals surface area contributed by atoms with E-state index in [2.05, 4.69) is 15.0 Å². The minimum Gasteiger partial charge on any atom is -0.494 e. The van der Waals surface area contributed by atoms with Gasteiger partial charge < -0.3 is 19.4 Å². The first kappa shape index (κ1) is 20.2. The second-order valence-electron chi connectivity index (χ2n) is 7.04. The smallest absolute Gasteiger partial charge is 0.258 e. The van der Waals surface area contributed by atoms with E-state index >= 15 is 0 Å². The van der Waals surface area contributed by atoms with Crippen LogP contribution in [0.1, 0.15) is 24.6 Å². The number of pyridine rings is 2. The quantitative estimate of drug-likeness (QED) is 0.400. The molecule has 0 aliphatic carbocycles. The van der Waals surface area contributed by atoms with Crippen molar-refractivity contribution in [2.24, 2.45) is 4.99 Å². The summed E-state index contributed by atoms with van der Waals surface area (Å²) in [5.41, 5.74) is 1.26. The number of aromatic amines is 2. The molecule has 31 heavy (non-hydrogen) atoms. The molecule has 3 heterocycles. The van der Waals surface area contributed by atoms with Crippen molar-refractivity contribution in [3.63, 3.8) is 0 Å². The van der Waals surface area contributed by atoms with Gasteiger partial charge in [-0.05, 0) is 36.8 Å². The van der Waals surface area contributed by atoms with Gasteiger partial charge in [0.25, 0.3) is 5.56 Å². The van der Waals surface area contributed by atoms with Gasteiger partial charge in [0.15, 0.2) is 5.75 Å². The Labute approximate surface area is 177 Å². The van der Waals surface area contributed by atoms with Crippen LogP contribution in [-0.2, 0) is 6.54 Å². The van der Waals surface area contributed by atoms with E-state index in [1.54, 1.807) is 6.07 Å². The number of ether oxygens (including phenoxy) is 1. The van der Waals surface area contributed by atoms with Gasteiger partial charge in [-0.25, -0.2) is 0 Å². The SMILES string of the molecule is CCCOc1c[nH]c(CN=Cc2c(O)[nH]c(=O)c3ccc(-n4cccc4)cc23)cc1=O. The molecule has 1 aromatic carbocycles. The number of benzene rings is 1. The zero-order valence-electron chi connectivity index (χ0n) is 17.0. The summed E-state index contributed by atoms with van der Waals surface area (Å²) in [6.45, 7) is 2.64. The first-order valence-electron chi connectivity index (χ1n) is 9.93. The molecule has 4 rings (SSSR count). The predicted molar refractivity (Wildman–Crippen MR) is 120 cm³/mol. The number of H-pyrrole nitrogens is 2. The highest BCUT2D eigenvalue weighted by Crippen LogP contribution is 2.23. The van der Waals surface area contributed by atoms with Gasteiger partial charge in [-0.2, -0.15) is 0 Å². The lowest BCUT2D eigenvalue weighted by molar-refractivity contribution is 0.313. The molecule has 4 aromatic rings. The summed E-state index contributed by atoms with van der Waals surface area (Å²) in [7, 11) is 0. The number of aromatic hydroxyl groups is 1. The summed E-state index contributed by atoms with van der Waals surface area (Å²) in [5.74, 6) is 0.0131. The highest BCUT2D eigenvalue weighted by Gasteiger charge is 2.11. The molecule has 0 aliphatic rings. The number of nitrogens with zero attached hydrogens (tertiary/aromatic N) is 2. The number of hydrogen-bond acceptors (Lipinski definition) is 5. The Morgan fingerprint density at radius 1 is 1.16 bits per heavy atom. The molecule has 8 heteroatoms. The minimum atomic E-state index is -0.379. The van der Waals surface area contributed by atoms with E-state index in [-0.39, 0.29) is 29.2 Å². The lowest BCUT2D eigenvalue weighted by Crippen LogP contribution is -2.10. The van der Waals surface area contributed by atoms with Crippen LogP contribution in [0.15, 0.2) is 69.6 Å². The molecule has 0 bridgehead atoms. The van der Waals surface area contributed by atoms with E-state index < -0.39 is 0 Å². The third-order valence-corrected chi connectivity index (χ3v) is 4.81. The zero-order chi connectivity index (χ0) is 21.8.